The fourth-order valence-electron chi connectivity index (χ4n) is 2.96. The molecule has 0 N–H and O–H groups in total. The second kappa shape index (κ2) is 6.53. The number of piperidine rings is 1. The summed E-state index contributed by atoms with van der Waals surface area (Å²) in [6.07, 6.45) is 4.46. The number of morpholine rings is 1. The molecular formula is C14H25N2O2. The Labute approximate surface area is 110 Å². The molecule has 1 amide bonds. The van der Waals surface area contributed by atoms with Gasteiger partial charge in [0.2, 0.25) is 5.91 Å². The first kappa shape index (κ1) is 13.8. The van der Waals surface area contributed by atoms with E-state index in [4.69, 9.17) is 4.74 Å². The van der Waals surface area contributed by atoms with Crippen LogP contribution < -0.4 is 5.32 Å². The van der Waals surface area contributed by atoms with Crippen LogP contribution in [-0.4, -0.2) is 49.2 Å². The van der Waals surface area contributed by atoms with Crippen LogP contribution in [0.1, 0.15) is 39.5 Å². The summed E-state index contributed by atoms with van der Waals surface area (Å²) >= 11 is 0. The summed E-state index contributed by atoms with van der Waals surface area (Å²) < 4.78 is 5.65. The minimum absolute atomic E-state index is 0.169. The lowest BCUT2D eigenvalue weighted by Crippen LogP contribution is -2.48. The van der Waals surface area contributed by atoms with Crippen LogP contribution in [-0.2, 0) is 9.53 Å². The van der Waals surface area contributed by atoms with E-state index in [0.717, 1.165) is 32.6 Å². The second-order valence-electron chi connectivity index (χ2n) is 5.73. The van der Waals surface area contributed by atoms with Crippen molar-refractivity contribution >= 4 is 5.91 Å². The van der Waals surface area contributed by atoms with Crippen molar-refractivity contribution in [3.8, 4) is 0 Å². The molecular weight excluding hydrogens is 228 g/mol. The van der Waals surface area contributed by atoms with E-state index in [2.05, 4.69) is 5.32 Å². The van der Waals surface area contributed by atoms with E-state index in [1.807, 2.05) is 18.7 Å². The predicted molar refractivity (Wildman–Crippen MR) is 70.4 cm³/mol. The lowest BCUT2D eigenvalue weighted by atomic mass is 9.94. The normalized spacial score (nSPS) is 33.4. The molecule has 0 aromatic carbocycles. The summed E-state index contributed by atoms with van der Waals surface area (Å²) in [6.45, 7) is 7.55. The van der Waals surface area contributed by atoms with Gasteiger partial charge in [-0.2, -0.15) is 0 Å². The van der Waals surface area contributed by atoms with Crippen LogP contribution in [0, 0.1) is 5.92 Å². The van der Waals surface area contributed by atoms with Crippen molar-refractivity contribution in [1.82, 2.24) is 10.2 Å². The van der Waals surface area contributed by atoms with Crippen LogP contribution in [0.25, 0.3) is 0 Å². The first-order chi connectivity index (χ1) is 8.65. The van der Waals surface area contributed by atoms with Gasteiger partial charge in [0.05, 0.1) is 12.2 Å². The van der Waals surface area contributed by atoms with E-state index in [9.17, 15) is 4.79 Å². The van der Waals surface area contributed by atoms with Gasteiger partial charge in [0.1, 0.15) is 0 Å². The van der Waals surface area contributed by atoms with Gasteiger partial charge in [0.25, 0.3) is 0 Å². The van der Waals surface area contributed by atoms with Gasteiger partial charge in [-0.3, -0.25) is 4.79 Å². The molecule has 0 aromatic heterocycles. The van der Waals surface area contributed by atoms with Crippen molar-refractivity contribution in [2.75, 3.05) is 26.2 Å². The smallest absolute Gasteiger partial charge is 0.222 e. The summed E-state index contributed by atoms with van der Waals surface area (Å²) in [5, 5.41) is 4.43. The topological polar surface area (TPSA) is 43.6 Å². The molecule has 3 unspecified atom stereocenters. The number of amides is 1. The van der Waals surface area contributed by atoms with Gasteiger partial charge in [-0.05, 0) is 39.0 Å². The van der Waals surface area contributed by atoms with Crippen molar-refractivity contribution in [2.45, 2.75) is 51.7 Å². The Morgan fingerprint density at radius 1 is 1.33 bits per heavy atom. The highest BCUT2D eigenvalue weighted by Gasteiger charge is 2.26. The van der Waals surface area contributed by atoms with Gasteiger partial charge in [-0.1, -0.05) is 0 Å². The van der Waals surface area contributed by atoms with Crippen molar-refractivity contribution in [2.24, 2.45) is 5.92 Å². The lowest BCUT2D eigenvalue weighted by Gasteiger charge is -2.35. The molecule has 0 aliphatic carbocycles. The molecule has 2 aliphatic rings. The SMILES string of the molecule is CC1CN(C(=O)CCC2CCC[N]C2)CC(C)O1. The molecule has 0 bridgehead atoms. The summed E-state index contributed by atoms with van der Waals surface area (Å²) in [5.41, 5.74) is 0. The Kier molecular flexibility index (Phi) is 5.01. The van der Waals surface area contributed by atoms with Gasteiger partial charge in [0.15, 0.2) is 0 Å². The Balaban J connectivity index is 1.73. The minimum atomic E-state index is 0.169. The Morgan fingerprint density at radius 3 is 2.67 bits per heavy atom. The first-order valence-corrected chi connectivity index (χ1v) is 7.21. The molecule has 4 heteroatoms. The molecule has 1 radical (unpaired) electrons. The highest BCUT2D eigenvalue weighted by atomic mass is 16.5. The van der Waals surface area contributed by atoms with E-state index in [-0.39, 0.29) is 12.2 Å². The molecule has 2 fully saturated rings. The average molecular weight is 253 g/mol. The Hall–Kier alpha value is -0.610. The molecule has 2 saturated heterocycles. The maximum absolute atomic E-state index is 12.2. The van der Waals surface area contributed by atoms with Gasteiger partial charge in [-0.25, -0.2) is 5.32 Å². The van der Waals surface area contributed by atoms with Gasteiger partial charge >= 0.3 is 0 Å². The first-order valence-electron chi connectivity index (χ1n) is 7.21. The van der Waals surface area contributed by atoms with Crippen LogP contribution in [0.15, 0.2) is 0 Å². The highest BCUT2D eigenvalue weighted by molar-refractivity contribution is 5.76. The molecule has 0 saturated carbocycles. The quantitative estimate of drug-likeness (QED) is 0.763. The third kappa shape index (κ3) is 3.95. The highest BCUT2D eigenvalue weighted by Crippen LogP contribution is 2.18. The zero-order valence-electron chi connectivity index (χ0n) is 11.6. The van der Waals surface area contributed by atoms with Crippen molar-refractivity contribution in [3.05, 3.63) is 0 Å². The van der Waals surface area contributed by atoms with Crippen molar-refractivity contribution < 1.29 is 9.53 Å². The number of ether oxygens (including phenoxy) is 1. The largest absolute Gasteiger partial charge is 0.372 e. The second-order valence-corrected chi connectivity index (χ2v) is 5.73. The maximum Gasteiger partial charge on any atom is 0.222 e. The molecule has 103 valence electrons. The zero-order chi connectivity index (χ0) is 13.0. The van der Waals surface area contributed by atoms with Crippen LogP contribution in [0.2, 0.25) is 0 Å². The van der Waals surface area contributed by atoms with Crippen LogP contribution in [0.4, 0.5) is 0 Å². The fraction of sp³-hybridized carbons (Fsp3) is 0.929. The van der Waals surface area contributed by atoms with E-state index >= 15 is 0 Å². The number of rotatable bonds is 3. The summed E-state index contributed by atoms with van der Waals surface area (Å²) in [6, 6.07) is 0. The van der Waals surface area contributed by atoms with Crippen LogP contribution in [0.5, 0.6) is 0 Å². The van der Waals surface area contributed by atoms with Crippen LogP contribution in [0.3, 0.4) is 0 Å². The maximum atomic E-state index is 12.2. The summed E-state index contributed by atoms with van der Waals surface area (Å²) in [5.74, 6) is 0.932. The monoisotopic (exact) mass is 253 g/mol. The molecule has 0 spiro atoms. The van der Waals surface area contributed by atoms with Crippen molar-refractivity contribution in [3.63, 3.8) is 0 Å². The summed E-state index contributed by atoms with van der Waals surface area (Å²) in [7, 11) is 0. The van der Waals surface area contributed by atoms with E-state index in [1.54, 1.807) is 0 Å². The molecule has 3 atom stereocenters. The summed E-state index contributed by atoms with van der Waals surface area (Å²) in [4.78, 5) is 14.1. The Morgan fingerprint density at radius 2 is 2.06 bits per heavy atom. The lowest BCUT2D eigenvalue weighted by molar-refractivity contribution is -0.143. The fourth-order valence-corrected chi connectivity index (χ4v) is 2.96. The number of carbonyl (C=O) groups excluding carboxylic acids is 1. The molecule has 18 heavy (non-hydrogen) atoms. The van der Waals surface area contributed by atoms with Gasteiger partial charge in [0, 0.05) is 32.6 Å². The predicted octanol–water partition coefficient (Wildman–Crippen LogP) is 1.42. The average Bonchev–Trinajstić information content (AvgIpc) is 2.36. The van der Waals surface area contributed by atoms with Gasteiger partial charge < -0.3 is 9.64 Å². The molecule has 4 nitrogen and oxygen atoms in total. The third-order valence-electron chi connectivity index (χ3n) is 3.85. The number of hydrogen-bond donors (Lipinski definition) is 0. The zero-order valence-corrected chi connectivity index (χ0v) is 11.6. The van der Waals surface area contributed by atoms with E-state index < -0.39 is 0 Å². The standard InChI is InChI=1S/C14H25N2O2/c1-11-9-16(10-12(2)18-11)14(17)6-5-13-4-3-7-15-8-13/h11-13H,3-10H2,1-2H3. The Bertz CT molecular complexity index is 267. The van der Waals surface area contributed by atoms with Gasteiger partial charge in [-0.15, -0.1) is 0 Å². The van der Waals surface area contributed by atoms with Crippen LogP contribution >= 0.6 is 0 Å². The number of hydrogen-bond acceptors (Lipinski definition) is 2. The molecule has 2 aliphatic heterocycles. The molecule has 0 aromatic rings. The molecule has 2 heterocycles. The van der Waals surface area contributed by atoms with Crippen molar-refractivity contribution in [1.29, 1.82) is 0 Å². The number of nitrogens with zero attached hydrogens (tertiary/aromatic N) is 2. The van der Waals surface area contributed by atoms with E-state index in [0.29, 0.717) is 18.2 Å². The van der Waals surface area contributed by atoms with E-state index in [1.165, 1.54) is 12.8 Å². The third-order valence-corrected chi connectivity index (χ3v) is 3.85. The molecule has 2 rings (SSSR count). The minimum Gasteiger partial charge on any atom is -0.372 e. The number of carbonyl (C=O) groups is 1.